The van der Waals surface area contributed by atoms with Gasteiger partial charge >= 0.3 is 0 Å². The summed E-state index contributed by atoms with van der Waals surface area (Å²) in [4.78, 5) is 18.6. The minimum atomic E-state index is -0.533. The van der Waals surface area contributed by atoms with Gasteiger partial charge in [-0.2, -0.15) is 0 Å². The molecule has 1 aliphatic heterocycles. The lowest BCUT2D eigenvalue weighted by Gasteiger charge is -2.25. The number of amides is 1. The summed E-state index contributed by atoms with van der Waals surface area (Å²) in [5, 5.41) is 15.7. The zero-order valence-corrected chi connectivity index (χ0v) is 13.1. The lowest BCUT2D eigenvalue weighted by atomic mass is 9.92. The summed E-state index contributed by atoms with van der Waals surface area (Å²) < 4.78 is 0. The van der Waals surface area contributed by atoms with Crippen LogP contribution in [0.3, 0.4) is 0 Å². The molecular weight excluding hydrogens is 256 g/mol. The van der Waals surface area contributed by atoms with Gasteiger partial charge in [-0.1, -0.05) is 0 Å². The number of nitrogens with zero attached hydrogens (tertiary/aromatic N) is 2. The largest absolute Gasteiger partial charge is 0.391 e. The summed E-state index contributed by atoms with van der Waals surface area (Å²) >= 11 is 0. The Kier molecular flexibility index (Phi) is 6.26. The highest BCUT2D eigenvalue weighted by atomic mass is 16.3. The molecule has 1 fully saturated rings. The van der Waals surface area contributed by atoms with Crippen LogP contribution in [-0.4, -0.2) is 60.7 Å². The molecule has 6 heteroatoms. The van der Waals surface area contributed by atoms with Crippen LogP contribution in [0.25, 0.3) is 0 Å². The number of aliphatic imine (C=N–C) groups is 1. The molecule has 0 bridgehead atoms. The van der Waals surface area contributed by atoms with Gasteiger partial charge in [0.2, 0.25) is 5.91 Å². The van der Waals surface area contributed by atoms with Crippen molar-refractivity contribution < 1.29 is 9.90 Å². The van der Waals surface area contributed by atoms with E-state index in [1.807, 2.05) is 32.6 Å². The number of carbonyl (C=O) groups excluding carboxylic acids is 1. The summed E-state index contributed by atoms with van der Waals surface area (Å²) in [6.45, 7) is 10.9. The van der Waals surface area contributed by atoms with Gasteiger partial charge in [0.05, 0.1) is 18.1 Å². The van der Waals surface area contributed by atoms with E-state index >= 15 is 0 Å². The Bertz CT molecular complexity index is 355. The quantitative estimate of drug-likeness (QED) is 0.497. The number of nitrogens with one attached hydrogen (secondary N) is 2. The number of β-amino-alcohol motifs (C(OH)–C–C–N with tert-alkyl or cyclic N) is 1. The second-order valence-corrected chi connectivity index (χ2v) is 5.80. The maximum atomic E-state index is 12.0. The van der Waals surface area contributed by atoms with Crippen LogP contribution < -0.4 is 10.6 Å². The highest BCUT2D eigenvalue weighted by Crippen LogP contribution is 2.16. The highest BCUT2D eigenvalue weighted by Gasteiger charge is 2.28. The van der Waals surface area contributed by atoms with Crippen molar-refractivity contribution in [3.05, 3.63) is 0 Å². The summed E-state index contributed by atoms with van der Waals surface area (Å²) in [6, 6.07) is 0. The molecule has 1 amide bonds. The SMILES string of the molecule is CCNC(=O)C(C)(C)CN=C(NCC)N1CC[C@@H](O)C1. The first kappa shape index (κ1) is 16.8. The second-order valence-electron chi connectivity index (χ2n) is 5.80. The first-order valence-electron chi connectivity index (χ1n) is 7.40. The number of rotatable bonds is 5. The van der Waals surface area contributed by atoms with Crippen LogP contribution in [0.15, 0.2) is 4.99 Å². The van der Waals surface area contributed by atoms with Crippen LogP contribution in [-0.2, 0) is 4.79 Å². The lowest BCUT2D eigenvalue weighted by Crippen LogP contribution is -2.43. The van der Waals surface area contributed by atoms with Gasteiger partial charge in [-0.05, 0) is 34.1 Å². The molecule has 0 radical (unpaired) electrons. The average Bonchev–Trinajstić information content (AvgIpc) is 2.81. The molecule has 3 N–H and O–H groups in total. The Morgan fingerprint density at radius 1 is 1.35 bits per heavy atom. The van der Waals surface area contributed by atoms with E-state index in [1.54, 1.807) is 0 Å². The number of hydrogen-bond donors (Lipinski definition) is 3. The third kappa shape index (κ3) is 4.67. The number of aliphatic hydroxyl groups is 1. The number of carbonyl (C=O) groups is 1. The van der Waals surface area contributed by atoms with E-state index in [4.69, 9.17) is 0 Å². The highest BCUT2D eigenvalue weighted by molar-refractivity contribution is 5.83. The molecule has 6 nitrogen and oxygen atoms in total. The van der Waals surface area contributed by atoms with E-state index in [9.17, 15) is 9.90 Å². The molecule has 0 aliphatic carbocycles. The molecule has 1 aliphatic rings. The Hall–Kier alpha value is -1.30. The van der Waals surface area contributed by atoms with E-state index in [-0.39, 0.29) is 12.0 Å². The van der Waals surface area contributed by atoms with Crippen molar-refractivity contribution in [1.29, 1.82) is 0 Å². The van der Waals surface area contributed by atoms with Gasteiger partial charge < -0.3 is 20.6 Å². The van der Waals surface area contributed by atoms with Crippen LogP contribution in [0, 0.1) is 5.41 Å². The van der Waals surface area contributed by atoms with Crippen LogP contribution >= 0.6 is 0 Å². The van der Waals surface area contributed by atoms with Crippen molar-refractivity contribution >= 4 is 11.9 Å². The van der Waals surface area contributed by atoms with Crippen molar-refractivity contribution in [3.63, 3.8) is 0 Å². The minimum absolute atomic E-state index is 0.0149. The van der Waals surface area contributed by atoms with Crippen molar-refractivity contribution in [2.75, 3.05) is 32.7 Å². The Morgan fingerprint density at radius 2 is 2.00 bits per heavy atom. The maximum absolute atomic E-state index is 12.0. The second kappa shape index (κ2) is 7.47. The number of likely N-dealkylation sites (tertiary alicyclic amines) is 1. The average molecular weight is 284 g/mol. The summed E-state index contributed by atoms with van der Waals surface area (Å²) in [5.41, 5.74) is -0.533. The van der Waals surface area contributed by atoms with Crippen LogP contribution in [0.4, 0.5) is 0 Å². The predicted octanol–water partition coefficient (Wildman–Crippen LogP) is 0.181. The maximum Gasteiger partial charge on any atom is 0.227 e. The topological polar surface area (TPSA) is 77.0 Å². The van der Waals surface area contributed by atoms with E-state index in [2.05, 4.69) is 15.6 Å². The molecule has 20 heavy (non-hydrogen) atoms. The minimum Gasteiger partial charge on any atom is -0.391 e. The number of guanidine groups is 1. The molecular formula is C14H28N4O2. The summed E-state index contributed by atoms with van der Waals surface area (Å²) in [7, 11) is 0. The molecule has 1 atom stereocenters. The van der Waals surface area contributed by atoms with Gasteiger partial charge in [0, 0.05) is 26.2 Å². The predicted molar refractivity (Wildman–Crippen MR) is 80.6 cm³/mol. The van der Waals surface area contributed by atoms with Crippen LogP contribution in [0.5, 0.6) is 0 Å². The van der Waals surface area contributed by atoms with Gasteiger partial charge in [-0.25, -0.2) is 0 Å². The fourth-order valence-electron chi connectivity index (χ4n) is 2.10. The van der Waals surface area contributed by atoms with E-state index < -0.39 is 5.41 Å². The van der Waals surface area contributed by atoms with Crippen molar-refractivity contribution in [2.45, 2.75) is 40.2 Å². The molecule has 0 unspecified atom stereocenters. The van der Waals surface area contributed by atoms with Crippen LogP contribution in [0.2, 0.25) is 0 Å². The van der Waals surface area contributed by atoms with Gasteiger partial charge in [0.25, 0.3) is 0 Å². The fraction of sp³-hybridized carbons (Fsp3) is 0.857. The van der Waals surface area contributed by atoms with Crippen LogP contribution in [0.1, 0.15) is 34.1 Å². The van der Waals surface area contributed by atoms with E-state index in [0.29, 0.717) is 19.6 Å². The molecule has 116 valence electrons. The first-order valence-corrected chi connectivity index (χ1v) is 7.40. The number of aliphatic hydroxyl groups excluding tert-OH is 1. The molecule has 0 aromatic carbocycles. The zero-order valence-electron chi connectivity index (χ0n) is 13.1. The summed E-state index contributed by atoms with van der Waals surface area (Å²) in [6.07, 6.45) is 0.486. The van der Waals surface area contributed by atoms with Gasteiger partial charge in [0.1, 0.15) is 0 Å². The third-order valence-corrected chi connectivity index (χ3v) is 3.37. The monoisotopic (exact) mass is 284 g/mol. The zero-order chi connectivity index (χ0) is 15.2. The molecule has 1 heterocycles. The van der Waals surface area contributed by atoms with Gasteiger partial charge in [-0.3, -0.25) is 9.79 Å². The smallest absolute Gasteiger partial charge is 0.227 e. The Balaban J connectivity index is 2.69. The molecule has 0 spiro atoms. The first-order chi connectivity index (χ1) is 9.40. The van der Waals surface area contributed by atoms with Crippen molar-refractivity contribution in [1.82, 2.24) is 15.5 Å². The Morgan fingerprint density at radius 3 is 2.50 bits per heavy atom. The van der Waals surface area contributed by atoms with Gasteiger partial charge in [0.15, 0.2) is 5.96 Å². The molecule has 0 aromatic heterocycles. The van der Waals surface area contributed by atoms with Gasteiger partial charge in [-0.15, -0.1) is 0 Å². The van der Waals surface area contributed by atoms with E-state index in [1.165, 1.54) is 0 Å². The summed E-state index contributed by atoms with van der Waals surface area (Å²) in [5.74, 6) is 0.794. The Labute approximate surface area is 121 Å². The molecule has 1 saturated heterocycles. The lowest BCUT2D eigenvalue weighted by molar-refractivity contribution is -0.128. The normalized spacial score (nSPS) is 20.1. The molecule has 0 saturated carbocycles. The van der Waals surface area contributed by atoms with E-state index in [0.717, 1.165) is 25.5 Å². The standard InChI is InChI=1S/C14H28N4O2/c1-5-15-12(20)14(3,4)10-17-13(16-6-2)18-8-7-11(19)9-18/h11,19H,5-10H2,1-4H3,(H,15,20)(H,16,17)/t11-/m1/s1. The molecule has 1 rings (SSSR count). The van der Waals surface area contributed by atoms with Crippen molar-refractivity contribution in [3.8, 4) is 0 Å². The fourth-order valence-corrected chi connectivity index (χ4v) is 2.10. The molecule has 0 aromatic rings. The third-order valence-electron chi connectivity index (χ3n) is 3.37. The number of hydrogen-bond acceptors (Lipinski definition) is 3. The van der Waals surface area contributed by atoms with Crippen molar-refractivity contribution in [2.24, 2.45) is 10.4 Å².